The van der Waals surface area contributed by atoms with Gasteiger partial charge in [-0.3, -0.25) is 14.4 Å². The first kappa shape index (κ1) is 48.4. The SMILES string of the molecule is CCCCCCCCCC(=O)O[C@@H](COC(=O)CCCCCCCCCCCCCCC(C)C)COC(=O)CCCCCCCCCC(C)C. The molecule has 0 aliphatic rings. The minimum absolute atomic E-state index is 0.0661. The Hall–Kier alpha value is -1.59. The van der Waals surface area contributed by atoms with E-state index >= 15 is 0 Å². The Kier molecular flexibility index (Phi) is 36.0. The van der Waals surface area contributed by atoms with Gasteiger partial charge in [0.1, 0.15) is 13.2 Å². The van der Waals surface area contributed by atoms with Gasteiger partial charge < -0.3 is 14.2 Å². The maximum Gasteiger partial charge on any atom is 0.306 e. The third-order valence-electron chi connectivity index (χ3n) is 9.72. The number of hydrogen-bond donors (Lipinski definition) is 0. The highest BCUT2D eigenvalue weighted by Crippen LogP contribution is 2.16. The Labute approximate surface area is 310 Å². The number of carbonyl (C=O) groups is 3. The summed E-state index contributed by atoms with van der Waals surface area (Å²) in [7, 11) is 0. The molecule has 0 amide bonds. The first-order chi connectivity index (χ1) is 24.2. The molecule has 50 heavy (non-hydrogen) atoms. The molecular weight excluding hydrogens is 624 g/mol. The molecule has 6 nitrogen and oxygen atoms in total. The fourth-order valence-electron chi connectivity index (χ4n) is 6.40. The third-order valence-corrected chi connectivity index (χ3v) is 9.72. The van der Waals surface area contributed by atoms with E-state index in [4.69, 9.17) is 14.2 Å². The van der Waals surface area contributed by atoms with Crippen molar-refractivity contribution in [2.24, 2.45) is 11.8 Å². The molecule has 0 saturated carbocycles. The van der Waals surface area contributed by atoms with Gasteiger partial charge in [-0.1, -0.05) is 195 Å². The Morgan fingerprint density at radius 3 is 0.980 bits per heavy atom. The van der Waals surface area contributed by atoms with Crippen molar-refractivity contribution < 1.29 is 28.6 Å². The van der Waals surface area contributed by atoms with Gasteiger partial charge in [-0.2, -0.15) is 0 Å². The van der Waals surface area contributed by atoms with E-state index in [2.05, 4.69) is 34.6 Å². The number of ether oxygens (including phenoxy) is 3. The van der Waals surface area contributed by atoms with Crippen molar-refractivity contribution in [2.45, 2.75) is 240 Å². The van der Waals surface area contributed by atoms with Gasteiger partial charge in [0, 0.05) is 19.3 Å². The highest BCUT2D eigenvalue weighted by molar-refractivity contribution is 5.71. The van der Waals surface area contributed by atoms with E-state index in [9.17, 15) is 14.4 Å². The molecule has 1 atom stereocenters. The molecule has 0 heterocycles. The second-order valence-electron chi connectivity index (χ2n) is 15.9. The Balaban J connectivity index is 4.24. The predicted octanol–water partition coefficient (Wildman–Crippen LogP) is 13.4. The molecule has 0 unspecified atom stereocenters. The molecule has 0 aliphatic heterocycles. The van der Waals surface area contributed by atoms with Crippen LogP contribution in [0.2, 0.25) is 0 Å². The summed E-state index contributed by atoms with van der Waals surface area (Å²) in [5.41, 5.74) is 0. The summed E-state index contributed by atoms with van der Waals surface area (Å²) in [5.74, 6) is 0.746. The number of esters is 3. The van der Waals surface area contributed by atoms with Gasteiger partial charge >= 0.3 is 17.9 Å². The molecule has 0 aromatic carbocycles. The zero-order valence-corrected chi connectivity index (χ0v) is 34.0. The molecule has 296 valence electrons. The maximum atomic E-state index is 12.6. The summed E-state index contributed by atoms with van der Waals surface area (Å²) in [6.07, 6.45) is 33.9. The molecule has 0 fully saturated rings. The summed E-state index contributed by atoms with van der Waals surface area (Å²) in [5, 5.41) is 0. The number of carbonyl (C=O) groups excluding carboxylic acids is 3. The third kappa shape index (κ3) is 37.7. The summed E-state index contributed by atoms with van der Waals surface area (Å²) in [6.45, 7) is 11.2. The van der Waals surface area contributed by atoms with E-state index in [1.807, 2.05) is 0 Å². The van der Waals surface area contributed by atoms with Crippen molar-refractivity contribution in [1.29, 1.82) is 0 Å². The lowest BCUT2D eigenvalue weighted by Crippen LogP contribution is -2.30. The highest BCUT2D eigenvalue weighted by Gasteiger charge is 2.19. The van der Waals surface area contributed by atoms with Crippen LogP contribution in [0.4, 0.5) is 0 Å². The molecule has 0 N–H and O–H groups in total. The van der Waals surface area contributed by atoms with Crippen molar-refractivity contribution >= 4 is 17.9 Å². The lowest BCUT2D eigenvalue weighted by Gasteiger charge is -2.18. The Bertz CT molecular complexity index is 764. The van der Waals surface area contributed by atoms with E-state index < -0.39 is 6.10 Å². The lowest BCUT2D eigenvalue weighted by molar-refractivity contribution is -0.167. The van der Waals surface area contributed by atoms with Gasteiger partial charge in [-0.25, -0.2) is 0 Å². The molecule has 6 heteroatoms. The molecular formula is C44H84O6. The fraction of sp³-hybridized carbons (Fsp3) is 0.932. The van der Waals surface area contributed by atoms with Crippen LogP contribution in [-0.2, 0) is 28.6 Å². The summed E-state index contributed by atoms with van der Waals surface area (Å²) >= 11 is 0. The van der Waals surface area contributed by atoms with Crippen molar-refractivity contribution in [3.8, 4) is 0 Å². The minimum atomic E-state index is -0.758. The number of hydrogen-bond acceptors (Lipinski definition) is 6. The van der Waals surface area contributed by atoms with Crippen LogP contribution in [0.5, 0.6) is 0 Å². The fourth-order valence-corrected chi connectivity index (χ4v) is 6.40. The van der Waals surface area contributed by atoms with E-state index in [0.717, 1.165) is 69.6 Å². The molecule has 0 radical (unpaired) electrons. The van der Waals surface area contributed by atoms with E-state index in [0.29, 0.717) is 19.3 Å². The summed E-state index contributed by atoms with van der Waals surface area (Å²) < 4.78 is 16.6. The Morgan fingerprint density at radius 1 is 0.380 bits per heavy atom. The van der Waals surface area contributed by atoms with Crippen molar-refractivity contribution in [1.82, 2.24) is 0 Å². The van der Waals surface area contributed by atoms with Gasteiger partial charge in [-0.05, 0) is 31.1 Å². The van der Waals surface area contributed by atoms with Crippen LogP contribution in [0.3, 0.4) is 0 Å². The van der Waals surface area contributed by atoms with Crippen molar-refractivity contribution in [3.05, 3.63) is 0 Å². The average molecular weight is 709 g/mol. The van der Waals surface area contributed by atoms with E-state index in [1.165, 1.54) is 122 Å². The Morgan fingerprint density at radius 2 is 0.660 bits per heavy atom. The zero-order chi connectivity index (χ0) is 36.9. The molecule has 0 spiro atoms. The second kappa shape index (κ2) is 37.2. The van der Waals surface area contributed by atoms with Crippen LogP contribution in [0.25, 0.3) is 0 Å². The van der Waals surface area contributed by atoms with Crippen LogP contribution >= 0.6 is 0 Å². The molecule has 0 aliphatic carbocycles. The van der Waals surface area contributed by atoms with Crippen LogP contribution in [0, 0.1) is 11.8 Å². The van der Waals surface area contributed by atoms with Gasteiger partial charge in [0.25, 0.3) is 0 Å². The minimum Gasteiger partial charge on any atom is -0.462 e. The highest BCUT2D eigenvalue weighted by atomic mass is 16.6. The smallest absolute Gasteiger partial charge is 0.306 e. The van der Waals surface area contributed by atoms with E-state index in [1.54, 1.807) is 0 Å². The van der Waals surface area contributed by atoms with E-state index in [-0.39, 0.29) is 31.1 Å². The molecule has 0 saturated heterocycles. The van der Waals surface area contributed by atoms with Gasteiger partial charge in [0.05, 0.1) is 0 Å². The summed E-state index contributed by atoms with van der Waals surface area (Å²) in [4.78, 5) is 37.5. The van der Waals surface area contributed by atoms with Gasteiger partial charge in [-0.15, -0.1) is 0 Å². The lowest BCUT2D eigenvalue weighted by atomic mass is 10.0. The molecule has 0 aromatic rings. The largest absolute Gasteiger partial charge is 0.462 e. The van der Waals surface area contributed by atoms with Crippen molar-refractivity contribution in [3.63, 3.8) is 0 Å². The van der Waals surface area contributed by atoms with Crippen LogP contribution in [-0.4, -0.2) is 37.2 Å². The molecule has 0 bridgehead atoms. The first-order valence-electron chi connectivity index (χ1n) is 21.7. The van der Waals surface area contributed by atoms with Crippen molar-refractivity contribution in [2.75, 3.05) is 13.2 Å². The average Bonchev–Trinajstić information content (AvgIpc) is 3.08. The van der Waals surface area contributed by atoms with Crippen LogP contribution in [0.15, 0.2) is 0 Å². The number of unbranched alkanes of at least 4 members (excludes halogenated alkanes) is 23. The number of rotatable bonds is 38. The van der Waals surface area contributed by atoms with Gasteiger partial charge in [0.2, 0.25) is 0 Å². The maximum absolute atomic E-state index is 12.6. The monoisotopic (exact) mass is 709 g/mol. The predicted molar refractivity (Wildman–Crippen MR) is 210 cm³/mol. The van der Waals surface area contributed by atoms with Crippen LogP contribution < -0.4 is 0 Å². The second-order valence-corrected chi connectivity index (χ2v) is 15.9. The zero-order valence-electron chi connectivity index (χ0n) is 34.0. The molecule has 0 aromatic heterocycles. The first-order valence-corrected chi connectivity index (χ1v) is 21.7. The topological polar surface area (TPSA) is 78.9 Å². The quantitative estimate of drug-likeness (QED) is 0.0361. The summed E-state index contributed by atoms with van der Waals surface area (Å²) in [6, 6.07) is 0. The standard InChI is InChI=1S/C44H84O6/c1-6-7-8-9-17-26-31-36-44(47)50-41(38-49-43(46)35-30-25-21-16-19-23-28-33-40(4)5)37-48-42(45)34-29-24-20-15-13-11-10-12-14-18-22-27-32-39(2)3/h39-41H,6-38H2,1-5H3/t41-/m0/s1. The molecule has 0 rings (SSSR count). The van der Waals surface area contributed by atoms with Crippen LogP contribution in [0.1, 0.15) is 234 Å². The van der Waals surface area contributed by atoms with Gasteiger partial charge in [0.15, 0.2) is 6.10 Å². The normalized spacial score (nSPS) is 12.1.